The normalized spacial score (nSPS) is 11.6. The number of hydrogen-bond acceptors (Lipinski definition) is 2. The summed E-state index contributed by atoms with van der Waals surface area (Å²) >= 11 is 0. The van der Waals surface area contributed by atoms with E-state index in [1.807, 2.05) is 13.0 Å². The summed E-state index contributed by atoms with van der Waals surface area (Å²) in [6, 6.07) is 0. The maximum Gasteiger partial charge on any atom is 0.330 e. The van der Waals surface area contributed by atoms with Crippen LogP contribution in [0.15, 0.2) is 24.3 Å². The Kier molecular flexibility index (Phi) is 19.1. The molecule has 2 nitrogen and oxygen atoms in total. The number of esters is 1. The van der Waals surface area contributed by atoms with Gasteiger partial charge in [0.1, 0.15) is 0 Å². The molecule has 0 N–H and O–H groups in total. The summed E-state index contributed by atoms with van der Waals surface area (Å²) < 4.78 is 4.84. The molecule has 0 aromatic rings. The van der Waals surface area contributed by atoms with Crippen molar-refractivity contribution in [3.63, 3.8) is 0 Å². The molecule has 0 heterocycles. The fourth-order valence-corrected chi connectivity index (χ4v) is 2.70. The van der Waals surface area contributed by atoms with Crippen molar-refractivity contribution < 1.29 is 9.53 Å². The third kappa shape index (κ3) is 19.0. The van der Waals surface area contributed by atoms with Crippen LogP contribution >= 0.6 is 0 Å². The minimum absolute atomic E-state index is 0.217. The Morgan fingerprint density at radius 1 is 0.667 bits per heavy atom. The first-order chi connectivity index (χ1) is 11.8. The van der Waals surface area contributed by atoms with Gasteiger partial charge >= 0.3 is 5.97 Å². The van der Waals surface area contributed by atoms with Crippen LogP contribution in [0.1, 0.15) is 104 Å². The van der Waals surface area contributed by atoms with Gasteiger partial charge in [-0.15, -0.1) is 0 Å². The van der Waals surface area contributed by atoms with Crippen molar-refractivity contribution in [2.75, 3.05) is 6.61 Å². The van der Waals surface area contributed by atoms with Crippen LogP contribution in [0.4, 0.5) is 0 Å². The highest BCUT2D eigenvalue weighted by Gasteiger charge is 1.93. The number of allylic oxidation sites excluding steroid dienone is 3. The number of rotatable bonds is 17. The largest absolute Gasteiger partial charge is 0.463 e. The fourth-order valence-electron chi connectivity index (χ4n) is 2.70. The van der Waals surface area contributed by atoms with Crippen LogP contribution in [0.3, 0.4) is 0 Å². The van der Waals surface area contributed by atoms with Gasteiger partial charge in [0.15, 0.2) is 0 Å². The van der Waals surface area contributed by atoms with Crippen LogP contribution in [0.25, 0.3) is 0 Å². The molecule has 140 valence electrons. The smallest absolute Gasteiger partial charge is 0.330 e. The van der Waals surface area contributed by atoms with Gasteiger partial charge in [-0.2, -0.15) is 0 Å². The highest BCUT2D eigenvalue weighted by Crippen LogP contribution is 2.10. The molecule has 0 unspecified atom stereocenters. The Hall–Kier alpha value is -1.05. The first-order valence-electron chi connectivity index (χ1n) is 10.3. The summed E-state index contributed by atoms with van der Waals surface area (Å²) in [5.41, 5.74) is 0. The van der Waals surface area contributed by atoms with Gasteiger partial charge in [-0.05, 0) is 45.4 Å². The minimum Gasteiger partial charge on any atom is -0.463 e. The Morgan fingerprint density at radius 3 is 1.62 bits per heavy atom. The topological polar surface area (TPSA) is 26.3 Å². The van der Waals surface area contributed by atoms with Crippen LogP contribution in [-0.2, 0) is 9.53 Å². The van der Waals surface area contributed by atoms with E-state index in [1.54, 1.807) is 6.08 Å². The maximum absolute atomic E-state index is 11.1. The van der Waals surface area contributed by atoms with Crippen molar-refractivity contribution >= 4 is 5.97 Å². The highest BCUT2D eigenvalue weighted by molar-refractivity contribution is 5.81. The van der Waals surface area contributed by atoms with Crippen LogP contribution in [0.5, 0.6) is 0 Å². The molecule has 0 radical (unpaired) electrons. The zero-order chi connectivity index (χ0) is 17.7. The zero-order valence-corrected chi connectivity index (χ0v) is 16.2. The quantitative estimate of drug-likeness (QED) is 0.0926. The van der Waals surface area contributed by atoms with E-state index in [0.717, 1.165) is 6.42 Å². The van der Waals surface area contributed by atoms with E-state index in [0.29, 0.717) is 6.61 Å². The molecule has 2 heteroatoms. The second-order valence-corrected chi connectivity index (χ2v) is 6.53. The monoisotopic (exact) mass is 337 g/mol. The molecule has 0 atom stereocenters. The zero-order valence-electron chi connectivity index (χ0n) is 16.2. The van der Waals surface area contributed by atoms with E-state index in [1.165, 1.54) is 83.5 Å². The first kappa shape index (κ1) is 22.9. The number of unbranched alkanes of at least 4 members (excludes halogenated alkanes) is 12. The number of carbonyl (C=O) groups is 1. The summed E-state index contributed by atoms with van der Waals surface area (Å²) in [6.07, 6.45) is 26.4. The van der Waals surface area contributed by atoms with Crippen molar-refractivity contribution in [2.45, 2.75) is 104 Å². The fraction of sp³-hybridized carbons (Fsp3) is 0.773. The average Bonchev–Trinajstić information content (AvgIpc) is 2.58. The predicted octanol–water partition coefficient (Wildman–Crippen LogP) is 7.14. The SMILES string of the molecule is CCCCCCCC/C=C\CCCCCCC/C=C/[13C](=O)OCC. The summed E-state index contributed by atoms with van der Waals surface area (Å²) in [7, 11) is 0. The molecule has 0 amide bonds. The van der Waals surface area contributed by atoms with Crippen molar-refractivity contribution in [1.82, 2.24) is 0 Å². The van der Waals surface area contributed by atoms with Gasteiger partial charge < -0.3 is 4.74 Å². The van der Waals surface area contributed by atoms with E-state index < -0.39 is 0 Å². The number of carbonyl (C=O) groups excluding carboxylic acids is 1. The minimum atomic E-state index is -0.217. The maximum atomic E-state index is 11.1. The van der Waals surface area contributed by atoms with Crippen LogP contribution < -0.4 is 0 Å². The second kappa shape index (κ2) is 20.0. The van der Waals surface area contributed by atoms with Crippen LogP contribution in [-0.4, -0.2) is 12.6 Å². The summed E-state index contributed by atoms with van der Waals surface area (Å²) in [5, 5.41) is 0. The molecule has 0 bridgehead atoms. The molecule has 0 aliphatic rings. The Bertz CT molecular complexity index is 318. The van der Waals surface area contributed by atoms with E-state index in [9.17, 15) is 4.79 Å². The van der Waals surface area contributed by atoms with E-state index in [4.69, 9.17) is 4.74 Å². The van der Waals surface area contributed by atoms with E-state index in [2.05, 4.69) is 19.1 Å². The predicted molar refractivity (Wildman–Crippen MR) is 105 cm³/mol. The van der Waals surface area contributed by atoms with Crippen molar-refractivity contribution in [2.24, 2.45) is 0 Å². The molecule has 0 rings (SSSR count). The lowest BCUT2D eigenvalue weighted by atomic mass is 10.1. The van der Waals surface area contributed by atoms with Gasteiger partial charge in [-0.25, -0.2) is 4.79 Å². The molecule has 24 heavy (non-hydrogen) atoms. The number of hydrogen-bond donors (Lipinski definition) is 0. The van der Waals surface area contributed by atoms with Gasteiger partial charge in [0.2, 0.25) is 0 Å². The summed E-state index contributed by atoms with van der Waals surface area (Å²) in [5.74, 6) is -0.217. The lowest BCUT2D eigenvalue weighted by Gasteiger charge is -1.99. The molecular formula is C22H40O2. The Balaban J connectivity index is 3.19. The average molecular weight is 338 g/mol. The third-order valence-electron chi connectivity index (χ3n) is 4.17. The van der Waals surface area contributed by atoms with E-state index >= 15 is 0 Å². The van der Waals surface area contributed by atoms with Gasteiger partial charge in [0.25, 0.3) is 0 Å². The molecule has 0 saturated carbocycles. The summed E-state index contributed by atoms with van der Waals surface area (Å²) in [6.45, 7) is 4.55. The lowest BCUT2D eigenvalue weighted by Crippen LogP contribution is -1.98. The van der Waals surface area contributed by atoms with Gasteiger partial charge in [-0.3, -0.25) is 0 Å². The Morgan fingerprint density at radius 2 is 1.12 bits per heavy atom. The molecule has 0 fully saturated rings. The van der Waals surface area contributed by atoms with Gasteiger partial charge in [0.05, 0.1) is 6.61 Å². The van der Waals surface area contributed by atoms with Crippen molar-refractivity contribution in [1.29, 1.82) is 0 Å². The molecule has 0 spiro atoms. The first-order valence-corrected chi connectivity index (χ1v) is 10.3. The lowest BCUT2D eigenvalue weighted by molar-refractivity contribution is -0.137. The number of ether oxygens (including phenoxy) is 1. The Labute approximate surface area is 150 Å². The standard InChI is InChI=1S/C22H40O2/c1-3-5-6-7-8-9-10-11-12-13-14-15-16-17-18-19-20-21-22(23)24-4-2/h11-12,20-21H,3-10,13-19H2,1-2H3/b12-11-,21-20+/i22+1. The van der Waals surface area contributed by atoms with Gasteiger partial charge in [-0.1, -0.05) is 76.5 Å². The highest BCUT2D eigenvalue weighted by atomic mass is 16.6. The summed E-state index contributed by atoms with van der Waals surface area (Å²) in [4.78, 5) is 11.1. The van der Waals surface area contributed by atoms with Gasteiger partial charge in [0, 0.05) is 6.08 Å². The van der Waals surface area contributed by atoms with Crippen LogP contribution in [0, 0.1) is 0 Å². The molecule has 0 aliphatic carbocycles. The molecule has 0 saturated heterocycles. The van der Waals surface area contributed by atoms with Crippen molar-refractivity contribution in [3.8, 4) is 0 Å². The molecule has 0 aliphatic heterocycles. The van der Waals surface area contributed by atoms with Crippen molar-refractivity contribution in [3.05, 3.63) is 24.3 Å². The molecule has 0 aromatic carbocycles. The van der Waals surface area contributed by atoms with E-state index in [-0.39, 0.29) is 5.97 Å². The third-order valence-corrected chi connectivity index (χ3v) is 4.17. The molecule has 0 aromatic heterocycles. The van der Waals surface area contributed by atoms with Crippen LogP contribution in [0.2, 0.25) is 0 Å². The molecular weight excluding hydrogens is 297 g/mol. The second-order valence-electron chi connectivity index (χ2n) is 6.53.